The molecule has 3 aromatic rings. The van der Waals surface area contributed by atoms with E-state index in [9.17, 15) is 9.90 Å². The monoisotopic (exact) mass is 587 g/mol. The van der Waals surface area contributed by atoms with E-state index in [1.54, 1.807) is 6.08 Å². The Morgan fingerprint density at radius 1 is 1.02 bits per heavy atom. The number of fused-ring (bicyclic) bond motifs is 2. The molecule has 1 aromatic heterocycles. The predicted octanol–water partition coefficient (Wildman–Crippen LogP) is 3.38. The molecule has 10 heteroatoms. The van der Waals surface area contributed by atoms with E-state index in [1.807, 2.05) is 81.3 Å². The van der Waals surface area contributed by atoms with Gasteiger partial charge in [-0.25, -0.2) is 0 Å². The standard InChI is InChI=1S/C33H45N7O3/c1-24(22-37(4)5)43-33-34-29-23-40(30-21-26(41)20-25-10-6-7-11-27(25)30)15-8-12-28(29)32(35-33)39-18-16-38(17-19-39)31(42)13-9-14-36(2)3/h6-7,9-11,13,20-21,24,41H,8,12,14-19,22-23H2,1-5H3/b13-9+/t24-/m1/s1. The fourth-order valence-electron chi connectivity index (χ4n) is 5.98. The number of likely N-dealkylation sites (N-methyl/N-ethyl adjacent to an activating group) is 2. The smallest absolute Gasteiger partial charge is 0.318 e. The number of nitrogens with zero attached hydrogens (tertiary/aromatic N) is 7. The van der Waals surface area contributed by atoms with Gasteiger partial charge in [-0.1, -0.05) is 30.3 Å². The summed E-state index contributed by atoms with van der Waals surface area (Å²) >= 11 is 0. The lowest BCUT2D eigenvalue weighted by Crippen LogP contribution is -2.49. The molecule has 1 atom stereocenters. The average molecular weight is 588 g/mol. The fraction of sp³-hybridized carbons (Fsp3) is 0.485. The Hall–Kier alpha value is -3.89. The number of piperazine rings is 1. The van der Waals surface area contributed by atoms with Crippen molar-refractivity contribution >= 4 is 28.2 Å². The zero-order valence-corrected chi connectivity index (χ0v) is 26.2. The van der Waals surface area contributed by atoms with Gasteiger partial charge in [-0.15, -0.1) is 0 Å². The molecule has 2 aliphatic rings. The van der Waals surface area contributed by atoms with Gasteiger partial charge in [0.1, 0.15) is 17.7 Å². The van der Waals surface area contributed by atoms with Crippen LogP contribution >= 0.6 is 0 Å². The number of hydrogen-bond acceptors (Lipinski definition) is 9. The van der Waals surface area contributed by atoms with Gasteiger partial charge in [-0.2, -0.15) is 9.97 Å². The van der Waals surface area contributed by atoms with E-state index < -0.39 is 0 Å². The Kier molecular flexibility index (Phi) is 9.67. The average Bonchev–Trinajstić information content (AvgIpc) is 3.18. The van der Waals surface area contributed by atoms with Crippen LogP contribution in [0.5, 0.6) is 11.8 Å². The number of ether oxygens (including phenoxy) is 1. The number of benzene rings is 2. The molecule has 10 nitrogen and oxygen atoms in total. The minimum absolute atomic E-state index is 0.0542. The summed E-state index contributed by atoms with van der Waals surface area (Å²) < 4.78 is 6.29. The van der Waals surface area contributed by atoms with Crippen LogP contribution in [0.4, 0.5) is 11.5 Å². The molecule has 43 heavy (non-hydrogen) atoms. The molecule has 0 aliphatic carbocycles. The summed E-state index contributed by atoms with van der Waals surface area (Å²) in [4.78, 5) is 33.4. The zero-order chi connectivity index (χ0) is 30.5. The summed E-state index contributed by atoms with van der Waals surface area (Å²) in [6, 6.07) is 12.2. The minimum atomic E-state index is -0.0822. The third kappa shape index (κ3) is 7.55. The van der Waals surface area contributed by atoms with Crippen molar-refractivity contribution in [2.24, 2.45) is 0 Å². The number of carbonyl (C=O) groups is 1. The van der Waals surface area contributed by atoms with Crippen molar-refractivity contribution in [1.82, 2.24) is 24.7 Å². The Morgan fingerprint density at radius 2 is 1.79 bits per heavy atom. The maximum absolute atomic E-state index is 12.8. The van der Waals surface area contributed by atoms with Crippen molar-refractivity contribution in [2.75, 3.05) is 83.8 Å². The number of aromatic nitrogens is 2. The van der Waals surface area contributed by atoms with Crippen LogP contribution in [0.2, 0.25) is 0 Å². The first-order valence-electron chi connectivity index (χ1n) is 15.2. The summed E-state index contributed by atoms with van der Waals surface area (Å²) in [6.45, 7) is 7.62. The summed E-state index contributed by atoms with van der Waals surface area (Å²) in [5.41, 5.74) is 3.10. The van der Waals surface area contributed by atoms with Gasteiger partial charge < -0.3 is 34.3 Å². The minimum Gasteiger partial charge on any atom is -0.508 e. The first-order valence-corrected chi connectivity index (χ1v) is 15.2. The maximum atomic E-state index is 12.8. The van der Waals surface area contributed by atoms with E-state index in [0.717, 1.165) is 66.0 Å². The van der Waals surface area contributed by atoms with E-state index in [0.29, 0.717) is 38.7 Å². The second-order valence-corrected chi connectivity index (χ2v) is 12.1. The Labute approximate surface area is 255 Å². The molecule has 0 radical (unpaired) electrons. The summed E-state index contributed by atoms with van der Waals surface area (Å²) in [5.74, 6) is 1.22. The van der Waals surface area contributed by atoms with Crippen LogP contribution in [0, 0.1) is 0 Å². The third-order valence-electron chi connectivity index (χ3n) is 7.96. The Balaban J connectivity index is 1.44. The molecule has 0 saturated carbocycles. The summed E-state index contributed by atoms with van der Waals surface area (Å²) in [6.07, 6.45) is 5.29. The summed E-state index contributed by atoms with van der Waals surface area (Å²) in [5, 5.41) is 12.7. The molecule has 1 N–H and O–H groups in total. The van der Waals surface area contributed by atoms with Crippen molar-refractivity contribution in [3.8, 4) is 11.8 Å². The number of carbonyl (C=O) groups excluding carboxylic acids is 1. The van der Waals surface area contributed by atoms with Crippen molar-refractivity contribution in [3.63, 3.8) is 0 Å². The van der Waals surface area contributed by atoms with E-state index in [4.69, 9.17) is 14.7 Å². The Morgan fingerprint density at radius 3 is 2.53 bits per heavy atom. The SMILES string of the molecule is C[C@H](CN(C)C)Oc1nc2c(c(N3CCN(C(=O)/C=C/CN(C)C)CC3)n1)CCCN(c1cc(O)cc3ccccc13)C2. The van der Waals surface area contributed by atoms with Gasteiger partial charge in [0.05, 0.1) is 12.2 Å². The lowest BCUT2D eigenvalue weighted by molar-refractivity contribution is -0.126. The second kappa shape index (κ2) is 13.6. The van der Waals surface area contributed by atoms with Gasteiger partial charge in [0.25, 0.3) is 0 Å². The number of phenolic OH excluding ortho intramolecular Hbond substituents is 1. The first-order chi connectivity index (χ1) is 20.7. The molecule has 0 bridgehead atoms. The quantitative estimate of drug-likeness (QED) is 0.379. The van der Waals surface area contributed by atoms with Crippen LogP contribution in [0.1, 0.15) is 24.6 Å². The lowest BCUT2D eigenvalue weighted by Gasteiger charge is -2.36. The molecule has 0 unspecified atom stereocenters. The molecule has 2 aromatic carbocycles. The first kappa shape index (κ1) is 30.6. The number of anilines is 2. The number of rotatable bonds is 9. The Bertz CT molecular complexity index is 1450. The van der Waals surface area contributed by atoms with Crippen molar-refractivity contribution in [2.45, 2.75) is 32.4 Å². The van der Waals surface area contributed by atoms with E-state index in [2.05, 4.69) is 20.8 Å². The largest absolute Gasteiger partial charge is 0.508 e. The highest BCUT2D eigenvalue weighted by molar-refractivity contribution is 5.95. The van der Waals surface area contributed by atoms with Crippen LogP contribution in [0.15, 0.2) is 48.6 Å². The number of hydrogen-bond donors (Lipinski definition) is 1. The van der Waals surface area contributed by atoms with Crippen LogP contribution in [0.3, 0.4) is 0 Å². The number of aromatic hydroxyl groups is 1. The van der Waals surface area contributed by atoms with Crippen molar-refractivity contribution in [1.29, 1.82) is 0 Å². The molecule has 2 aliphatic heterocycles. The molecule has 230 valence electrons. The highest BCUT2D eigenvalue weighted by Gasteiger charge is 2.28. The van der Waals surface area contributed by atoms with Gasteiger partial charge in [-0.05, 0) is 59.4 Å². The fourth-order valence-corrected chi connectivity index (χ4v) is 5.98. The van der Waals surface area contributed by atoms with Crippen LogP contribution in [-0.2, 0) is 17.8 Å². The van der Waals surface area contributed by atoms with Crippen molar-refractivity contribution < 1.29 is 14.6 Å². The van der Waals surface area contributed by atoms with E-state index in [1.165, 1.54) is 0 Å². The van der Waals surface area contributed by atoms with E-state index in [-0.39, 0.29) is 17.8 Å². The van der Waals surface area contributed by atoms with Crippen LogP contribution in [0.25, 0.3) is 10.8 Å². The highest BCUT2D eigenvalue weighted by atomic mass is 16.5. The van der Waals surface area contributed by atoms with E-state index >= 15 is 0 Å². The molecule has 5 rings (SSSR count). The summed E-state index contributed by atoms with van der Waals surface area (Å²) in [7, 11) is 8.03. The van der Waals surface area contributed by atoms with Gasteiger partial charge in [0, 0.05) is 74.6 Å². The van der Waals surface area contributed by atoms with Crippen molar-refractivity contribution in [3.05, 3.63) is 59.8 Å². The molecular formula is C33H45N7O3. The van der Waals surface area contributed by atoms with Gasteiger partial charge in [0.15, 0.2) is 0 Å². The van der Waals surface area contributed by atoms with Crippen LogP contribution < -0.4 is 14.5 Å². The maximum Gasteiger partial charge on any atom is 0.318 e. The third-order valence-corrected chi connectivity index (χ3v) is 7.96. The molecule has 1 amide bonds. The highest BCUT2D eigenvalue weighted by Crippen LogP contribution is 2.36. The molecule has 3 heterocycles. The molecule has 1 fully saturated rings. The van der Waals surface area contributed by atoms with Gasteiger partial charge in [0.2, 0.25) is 5.91 Å². The molecule has 0 spiro atoms. The second-order valence-electron chi connectivity index (χ2n) is 12.1. The molecular weight excluding hydrogens is 542 g/mol. The lowest BCUT2D eigenvalue weighted by atomic mass is 10.1. The molecule has 1 saturated heterocycles. The van der Waals surface area contributed by atoms with Gasteiger partial charge >= 0.3 is 6.01 Å². The zero-order valence-electron chi connectivity index (χ0n) is 26.2. The number of amides is 1. The number of phenols is 1. The topological polar surface area (TPSA) is 88.5 Å². The normalized spacial score (nSPS) is 16.7. The predicted molar refractivity (Wildman–Crippen MR) is 172 cm³/mol. The van der Waals surface area contributed by atoms with Crippen LogP contribution in [-0.4, -0.2) is 116 Å². The van der Waals surface area contributed by atoms with Gasteiger partial charge in [-0.3, -0.25) is 4.79 Å².